The summed E-state index contributed by atoms with van der Waals surface area (Å²) in [6.45, 7) is 0.232. The molecule has 0 heterocycles. The molecule has 1 rings (SSSR count). The zero-order valence-electron chi connectivity index (χ0n) is 8.25. The average molecular weight is 216 g/mol. The third-order valence-corrected chi connectivity index (χ3v) is 2.13. The van der Waals surface area contributed by atoms with Crippen LogP contribution in [0, 0.1) is 13.8 Å². The molecule has 1 N–H and O–H groups in total. The maximum absolute atomic E-state index is 12.0. The largest absolute Gasteiger partial charge is 0.478 e. The smallest absolute Gasteiger partial charge is 0.387 e. The van der Waals surface area contributed by atoms with Gasteiger partial charge in [-0.05, 0) is 31.0 Å². The number of hydrogen-bond acceptors (Lipinski definition) is 2. The van der Waals surface area contributed by atoms with Gasteiger partial charge in [0.25, 0.3) is 0 Å². The van der Waals surface area contributed by atoms with E-state index in [4.69, 9.17) is 5.11 Å². The van der Waals surface area contributed by atoms with Crippen LogP contribution in [0.4, 0.5) is 8.78 Å². The molecule has 0 bridgehead atoms. The van der Waals surface area contributed by atoms with Crippen LogP contribution in [0.3, 0.4) is 0 Å². The van der Waals surface area contributed by atoms with E-state index in [-0.39, 0.29) is 11.3 Å². The highest BCUT2D eigenvalue weighted by molar-refractivity contribution is 5.93. The molecule has 1 aromatic carbocycles. The number of hydrogen-bond donors (Lipinski definition) is 1. The molecule has 0 aliphatic carbocycles. The number of ether oxygens (including phenoxy) is 1. The molecule has 1 aromatic rings. The second-order valence-corrected chi connectivity index (χ2v) is 3.06. The van der Waals surface area contributed by atoms with Crippen molar-refractivity contribution in [1.29, 1.82) is 0 Å². The Morgan fingerprint density at radius 3 is 2.47 bits per heavy atom. The van der Waals surface area contributed by atoms with E-state index in [9.17, 15) is 13.6 Å². The topological polar surface area (TPSA) is 46.5 Å². The van der Waals surface area contributed by atoms with Crippen LogP contribution in [0.5, 0.6) is 5.75 Å². The summed E-state index contributed by atoms with van der Waals surface area (Å²) < 4.78 is 28.1. The Morgan fingerprint density at radius 2 is 2.00 bits per heavy atom. The van der Waals surface area contributed by atoms with Crippen molar-refractivity contribution < 1.29 is 23.4 Å². The van der Waals surface area contributed by atoms with Gasteiger partial charge in [-0.3, -0.25) is 0 Å². The van der Waals surface area contributed by atoms with Gasteiger partial charge in [0, 0.05) is 0 Å². The lowest BCUT2D eigenvalue weighted by atomic mass is 10.0. The molecule has 0 amide bonds. The SMILES string of the molecule is Cc1ccc(OC(F)F)c(C(=O)O)c1C. The normalized spacial score (nSPS) is 10.5. The molecule has 0 atom stereocenters. The second-order valence-electron chi connectivity index (χ2n) is 3.06. The molecular formula is C10H10F2O3. The summed E-state index contributed by atoms with van der Waals surface area (Å²) >= 11 is 0. The summed E-state index contributed by atoms with van der Waals surface area (Å²) in [5.41, 5.74) is 0.935. The van der Waals surface area contributed by atoms with Crippen LogP contribution >= 0.6 is 0 Å². The molecule has 0 saturated carbocycles. The maximum atomic E-state index is 12.0. The lowest BCUT2D eigenvalue weighted by Crippen LogP contribution is -2.09. The van der Waals surface area contributed by atoms with Gasteiger partial charge in [0.2, 0.25) is 0 Å². The fraction of sp³-hybridized carbons (Fsp3) is 0.300. The van der Waals surface area contributed by atoms with E-state index in [0.29, 0.717) is 11.1 Å². The van der Waals surface area contributed by atoms with Crippen LogP contribution in [-0.4, -0.2) is 17.7 Å². The summed E-state index contributed by atoms with van der Waals surface area (Å²) in [6.07, 6.45) is 0. The lowest BCUT2D eigenvalue weighted by Gasteiger charge is -2.11. The average Bonchev–Trinajstić information content (AvgIpc) is 2.10. The number of benzene rings is 1. The summed E-state index contributed by atoms with van der Waals surface area (Å²) in [6, 6.07) is 2.78. The van der Waals surface area contributed by atoms with Gasteiger partial charge in [-0.2, -0.15) is 8.78 Å². The first-order valence-electron chi connectivity index (χ1n) is 4.21. The van der Waals surface area contributed by atoms with Gasteiger partial charge in [-0.25, -0.2) is 4.79 Å². The van der Waals surface area contributed by atoms with Gasteiger partial charge >= 0.3 is 12.6 Å². The highest BCUT2D eigenvalue weighted by atomic mass is 19.3. The number of aryl methyl sites for hydroxylation is 1. The van der Waals surface area contributed by atoms with Crippen molar-refractivity contribution in [3.05, 3.63) is 28.8 Å². The van der Waals surface area contributed by atoms with E-state index >= 15 is 0 Å². The number of carboxylic acid groups (broad SMARTS) is 1. The zero-order valence-corrected chi connectivity index (χ0v) is 8.25. The van der Waals surface area contributed by atoms with Crippen LogP contribution in [0.1, 0.15) is 21.5 Å². The Hall–Kier alpha value is -1.65. The van der Waals surface area contributed by atoms with Gasteiger partial charge in [-0.1, -0.05) is 6.07 Å². The molecule has 0 spiro atoms. The summed E-state index contributed by atoms with van der Waals surface area (Å²) in [4.78, 5) is 10.9. The lowest BCUT2D eigenvalue weighted by molar-refractivity contribution is -0.0503. The van der Waals surface area contributed by atoms with E-state index in [0.717, 1.165) is 0 Å². The predicted octanol–water partition coefficient (Wildman–Crippen LogP) is 2.60. The number of carbonyl (C=O) groups is 1. The number of halogens is 2. The Morgan fingerprint density at radius 1 is 1.40 bits per heavy atom. The second kappa shape index (κ2) is 4.25. The van der Waals surface area contributed by atoms with Crippen LogP contribution < -0.4 is 4.74 Å². The predicted molar refractivity (Wildman–Crippen MR) is 49.5 cm³/mol. The van der Waals surface area contributed by atoms with Crippen molar-refractivity contribution >= 4 is 5.97 Å². The maximum Gasteiger partial charge on any atom is 0.387 e. The van der Waals surface area contributed by atoms with E-state index in [1.54, 1.807) is 19.9 Å². The first-order chi connectivity index (χ1) is 6.93. The summed E-state index contributed by atoms with van der Waals surface area (Å²) in [7, 11) is 0. The molecule has 0 radical (unpaired) electrons. The van der Waals surface area contributed by atoms with Gasteiger partial charge in [0.15, 0.2) is 0 Å². The molecule has 5 heteroatoms. The van der Waals surface area contributed by atoms with Gasteiger partial charge in [-0.15, -0.1) is 0 Å². The van der Waals surface area contributed by atoms with Crippen molar-refractivity contribution in [3.63, 3.8) is 0 Å². The Labute approximate surface area is 85.3 Å². The third kappa shape index (κ3) is 2.43. The fourth-order valence-electron chi connectivity index (χ4n) is 1.25. The molecule has 0 saturated heterocycles. The Kier molecular flexibility index (Phi) is 3.24. The van der Waals surface area contributed by atoms with Crippen LogP contribution in [0.15, 0.2) is 12.1 Å². The molecule has 82 valence electrons. The van der Waals surface area contributed by atoms with Crippen molar-refractivity contribution in [1.82, 2.24) is 0 Å². The summed E-state index contributed by atoms with van der Waals surface area (Å²) in [5, 5.41) is 8.86. The van der Waals surface area contributed by atoms with Crippen molar-refractivity contribution in [2.24, 2.45) is 0 Å². The monoisotopic (exact) mass is 216 g/mol. The highest BCUT2D eigenvalue weighted by Gasteiger charge is 2.18. The van der Waals surface area contributed by atoms with Crippen LogP contribution in [-0.2, 0) is 0 Å². The summed E-state index contributed by atoms with van der Waals surface area (Å²) in [5.74, 6) is -1.58. The standard InChI is InChI=1S/C10H10F2O3/c1-5-3-4-7(15-10(11)12)8(6(5)2)9(13)14/h3-4,10H,1-2H3,(H,13,14). The quantitative estimate of drug-likeness (QED) is 0.844. The third-order valence-electron chi connectivity index (χ3n) is 2.13. The number of rotatable bonds is 3. The highest BCUT2D eigenvalue weighted by Crippen LogP contribution is 2.26. The molecule has 0 fully saturated rings. The molecular weight excluding hydrogens is 206 g/mol. The Bertz CT molecular complexity index is 388. The minimum atomic E-state index is -3.02. The molecule has 0 aliphatic rings. The zero-order chi connectivity index (χ0) is 11.6. The first-order valence-corrected chi connectivity index (χ1v) is 4.21. The molecule has 3 nitrogen and oxygen atoms in total. The van der Waals surface area contributed by atoms with E-state index in [2.05, 4.69) is 4.74 Å². The van der Waals surface area contributed by atoms with E-state index < -0.39 is 12.6 Å². The van der Waals surface area contributed by atoms with Crippen molar-refractivity contribution in [2.45, 2.75) is 20.5 Å². The molecule has 0 aliphatic heterocycles. The minimum Gasteiger partial charge on any atom is -0.478 e. The van der Waals surface area contributed by atoms with Gasteiger partial charge in [0.1, 0.15) is 11.3 Å². The van der Waals surface area contributed by atoms with Gasteiger partial charge < -0.3 is 9.84 Å². The van der Waals surface area contributed by atoms with Crippen LogP contribution in [0.2, 0.25) is 0 Å². The Balaban J connectivity index is 3.27. The minimum absolute atomic E-state index is 0.213. The number of alkyl halides is 2. The molecule has 0 unspecified atom stereocenters. The first kappa shape index (κ1) is 11.4. The molecule has 0 aromatic heterocycles. The van der Waals surface area contributed by atoms with Crippen LogP contribution in [0.25, 0.3) is 0 Å². The number of aromatic carboxylic acids is 1. The van der Waals surface area contributed by atoms with Crippen molar-refractivity contribution in [2.75, 3.05) is 0 Å². The van der Waals surface area contributed by atoms with Crippen molar-refractivity contribution in [3.8, 4) is 5.75 Å². The van der Waals surface area contributed by atoms with Gasteiger partial charge in [0.05, 0.1) is 0 Å². The number of carboxylic acids is 1. The fourth-order valence-corrected chi connectivity index (χ4v) is 1.25. The van der Waals surface area contributed by atoms with E-state index in [1.165, 1.54) is 6.07 Å². The van der Waals surface area contributed by atoms with E-state index in [1.807, 2.05) is 0 Å². The molecule has 15 heavy (non-hydrogen) atoms.